The Morgan fingerprint density at radius 3 is 2.53 bits per heavy atom. The van der Waals surface area contributed by atoms with Gasteiger partial charge in [0.25, 0.3) is 5.91 Å². The van der Waals surface area contributed by atoms with E-state index in [1.807, 2.05) is 0 Å². The highest BCUT2D eigenvalue weighted by molar-refractivity contribution is 5.99. The number of hydrogen-bond acceptors (Lipinski definition) is 4. The average Bonchev–Trinajstić information content (AvgIpc) is 3.31. The molecule has 1 aliphatic heterocycles. The van der Waals surface area contributed by atoms with Gasteiger partial charge in [0.15, 0.2) is 0 Å². The summed E-state index contributed by atoms with van der Waals surface area (Å²) in [6, 6.07) is 8.91. The average molecular weight is 499 g/mol. The third kappa shape index (κ3) is 4.55. The Morgan fingerprint density at radius 2 is 1.83 bits per heavy atom. The van der Waals surface area contributed by atoms with E-state index in [9.17, 15) is 27.9 Å². The van der Waals surface area contributed by atoms with Gasteiger partial charge in [-0.3, -0.25) is 19.5 Å². The van der Waals surface area contributed by atoms with E-state index in [1.165, 1.54) is 12.1 Å². The van der Waals surface area contributed by atoms with Crippen LogP contribution in [0.2, 0.25) is 0 Å². The van der Waals surface area contributed by atoms with Crippen LogP contribution in [-0.4, -0.2) is 45.7 Å². The van der Waals surface area contributed by atoms with Gasteiger partial charge in [-0.05, 0) is 43.2 Å². The Morgan fingerprint density at radius 1 is 1.06 bits per heavy atom. The van der Waals surface area contributed by atoms with Gasteiger partial charge < -0.3 is 15.4 Å². The molecule has 7 nitrogen and oxygen atoms in total. The fraction of sp³-hybridized carbons (Fsp3) is 0.346. The van der Waals surface area contributed by atoms with Gasteiger partial charge in [-0.15, -0.1) is 0 Å². The highest BCUT2D eigenvalue weighted by atomic mass is 19.4. The van der Waals surface area contributed by atoms with Gasteiger partial charge in [-0.2, -0.15) is 13.2 Å². The number of carbonyl (C=O) groups excluding carboxylic acids is 2. The molecular formula is C26H25F3N4O3. The van der Waals surface area contributed by atoms with Crippen molar-refractivity contribution in [3.05, 3.63) is 53.9 Å². The molecule has 3 heterocycles. The van der Waals surface area contributed by atoms with E-state index in [1.54, 1.807) is 30.5 Å². The summed E-state index contributed by atoms with van der Waals surface area (Å²) in [5.74, 6) is -2.53. The number of H-pyrrole nitrogens is 1. The van der Waals surface area contributed by atoms with Gasteiger partial charge >= 0.3 is 12.1 Å². The first-order valence-electron chi connectivity index (χ1n) is 11.9. The minimum atomic E-state index is -5.05. The zero-order valence-electron chi connectivity index (χ0n) is 19.4. The van der Waals surface area contributed by atoms with Crippen LogP contribution in [0.4, 0.5) is 18.9 Å². The van der Waals surface area contributed by atoms with Crippen molar-refractivity contribution in [1.29, 1.82) is 0 Å². The summed E-state index contributed by atoms with van der Waals surface area (Å²) < 4.78 is 40.3. The normalized spacial score (nSPS) is 16.4. The largest absolute Gasteiger partial charge is 0.506 e. The lowest BCUT2D eigenvalue weighted by Gasteiger charge is -2.35. The summed E-state index contributed by atoms with van der Waals surface area (Å²) in [6.07, 6.45) is 0.489. The third-order valence-corrected chi connectivity index (χ3v) is 6.81. The maximum Gasteiger partial charge on any atom is 0.471 e. The van der Waals surface area contributed by atoms with E-state index < -0.39 is 23.9 Å². The molecule has 3 N–H and O–H groups in total. The second kappa shape index (κ2) is 9.33. The van der Waals surface area contributed by atoms with E-state index in [0.29, 0.717) is 47.5 Å². The van der Waals surface area contributed by atoms with Crippen molar-refractivity contribution < 1.29 is 27.9 Å². The van der Waals surface area contributed by atoms with E-state index in [-0.39, 0.29) is 11.6 Å². The lowest BCUT2D eigenvalue weighted by molar-refractivity contribution is -0.171. The number of halogens is 3. The molecule has 2 aliphatic rings. The van der Waals surface area contributed by atoms with Gasteiger partial charge in [-0.1, -0.05) is 25.3 Å². The van der Waals surface area contributed by atoms with E-state index in [2.05, 4.69) is 15.3 Å². The van der Waals surface area contributed by atoms with Gasteiger partial charge in [-0.25, -0.2) is 0 Å². The number of anilines is 1. The predicted octanol–water partition coefficient (Wildman–Crippen LogP) is 4.96. The summed E-state index contributed by atoms with van der Waals surface area (Å²) in [7, 11) is 0. The third-order valence-electron chi connectivity index (χ3n) is 6.81. The molecule has 5 rings (SSSR count). The van der Waals surface area contributed by atoms with Crippen LogP contribution in [0.25, 0.3) is 22.5 Å². The van der Waals surface area contributed by atoms with E-state index in [0.717, 1.165) is 36.2 Å². The summed E-state index contributed by atoms with van der Waals surface area (Å²) in [5.41, 5.74) is 3.75. The minimum absolute atomic E-state index is 0.135. The zero-order chi connectivity index (χ0) is 25.4. The molecule has 0 spiro atoms. The summed E-state index contributed by atoms with van der Waals surface area (Å²) in [5, 5.41) is 13.6. The summed E-state index contributed by atoms with van der Waals surface area (Å²) in [4.78, 5) is 32.7. The van der Waals surface area contributed by atoms with Crippen molar-refractivity contribution in [2.75, 3.05) is 11.4 Å². The van der Waals surface area contributed by atoms with Crippen molar-refractivity contribution in [3.8, 4) is 28.3 Å². The molecule has 0 saturated heterocycles. The molecule has 188 valence electrons. The lowest BCUT2D eigenvalue weighted by atomic mass is 9.93. The van der Waals surface area contributed by atoms with Crippen molar-refractivity contribution in [2.24, 2.45) is 0 Å². The van der Waals surface area contributed by atoms with Gasteiger partial charge in [0.1, 0.15) is 5.75 Å². The summed E-state index contributed by atoms with van der Waals surface area (Å²) >= 11 is 0. The van der Waals surface area contributed by atoms with Crippen molar-refractivity contribution in [2.45, 2.75) is 50.7 Å². The Labute approximate surface area is 205 Å². The van der Waals surface area contributed by atoms with Gasteiger partial charge in [0, 0.05) is 47.7 Å². The van der Waals surface area contributed by atoms with Gasteiger partial charge in [0.2, 0.25) is 0 Å². The maximum absolute atomic E-state index is 13.4. The Balaban J connectivity index is 1.47. The number of pyridine rings is 1. The molecule has 1 fully saturated rings. The highest BCUT2D eigenvalue weighted by Gasteiger charge is 2.46. The van der Waals surface area contributed by atoms with Crippen LogP contribution in [0.1, 0.15) is 48.2 Å². The topological polar surface area (TPSA) is 98.3 Å². The van der Waals surface area contributed by atoms with Crippen LogP contribution < -0.4 is 10.2 Å². The number of benzene rings is 1. The molecule has 10 heteroatoms. The standard InChI is InChI=1S/C26H25F3N4O3/c27-26(28,29)25(36)33(17-4-2-1-3-5-17)22-7-6-15(13-23(22)34)20-12-16(8-10-30-20)21-14-18-19(32-21)9-11-31-24(18)35/h6-8,10,12-14,17,32,34H,1-5,9,11H2,(H,31,35). The SMILES string of the molecule is O=C1NCCc2[nH]c(-c3ccnc(-c4ccc(N(C(=O)C(F)(F)F)C5CCCCC5)c(O)c4)c3)cc21. The second-order valence-corrected chi connectivity index (χ2v) is 9.18. The molecule has 0 atom stereocenters. The molecule has 2 aromatic heterocycles. The number of amides is 2. The molecule has 1 saturated carbocycles. The van der Waals surface area contributed by atoms with Crippen LogP contribution >= 0.6 is 0 Å². The molecule has 36 heavy (non-hydrogen) atoms. The number of hydrogen-bond donors (Lipinski definition) is 3. The molecule has 2 amide bonds. The Hall–Kier alpha value is -3.82. The zero-order valence-corrected chi connectivity index (χ0v) is 19.4. The van der Waals surface area contributed by atoms with Crippen LogP contribution in [0.3, 0.4) is 0 Å². The first-order valence-corrected chi connectivity index (χ1v) is 11.9. The van der Waals surface area contributed by atoms with Crippen LogP contribution in [0.5, 0.6) is 5.75 Å². The fourth-order valence-electron chi connectivity index (χ4n) is 5.04. The highest BCUT2D eigenvalue weighted by Crippen LogP contribution is 2.38. The molecule has 0 radical (unpaired) electrons. The summed E-state index contributed by atoms with van der Waals surface area (Å²) in [6.45, 7) is 0.563. The van der Waals surface area contributed by atoms with Crippen LogP contribution in [0, 0.1) is 0 Å². The maximum atomic E-state index is 13.4. The number of fused-ring (bicyclic) bond motifs is 1. The number of carbonyl (C=O) groups is 2. The molecule has 0 unspecified atom stereocenters. The monoisotopic (exact) mass is 498 g/mol. The van der Waals surface area contributed by atoms with Crippen LogP contribution in [0.15, 0.2) is 42.6 Å². The number of aromatic amines is 1. The van der Waals surface area contributed by atoms with Crippen molar-refractivity contribution >= 4 is 17.5 Å². The molecular weight excluding hydrogens is 473 g/mol. The molecule has 1 aromatic carbocycles. The number of aromatic nitrogens is 2. The minimum Gasteiger partial charge on any atom is -0.506 e. The van der Waals surface area contributed by atoms with Crippen molar-refractivity contribution in [1.82, 2.24) is 15.3 Å². The number of phenols is 1. The number of aromatic hydroxyl groups is 1. The number of nitrogens with one attached hydrogen (secondary N) is 2. The number of phenolic OH excluding ortho intramolecular Hbond substituents is 1. The first kappa shape index (κ1) is 23.9. The molecule has 0 bridgehead atoms. The number of rotatable bonds is 4. The Kier molecular flexibility index (Phi) is 6.19. The van der Waals surface area contributed by atoms with E-state index >= 15 is 0 Å². The second-order valence-electron chi connectivity index (χ2n) is 9.18. The lowest BCUT2D eigenvalue weighted by Crippen LogP contribution is -2.48. The molecule has 3 aromatic rings. The quantitative estimate of drug-likeness (QED) is 0.473. The van der Waals surface area contributed by atoms with Crippen molar-refractivity contribution in [3.63, 3.8) is 0 Å². The smallest absolute Gasteiger partial charge is 0.471 e. The number of nitrogens with zero attached hydrogens (tertiary/aromatic N) is 2. The van der Waals surface area contributed by atoms with Crippen LogP contribution in [-0.2, 0) is 11.2 Å². The molecule has 1 aliphatic carbocycles. The van der Waals surface area contributed by atoms with E-state index in [4.69, 9.17) is 0 Å². The predicted molar refractivity (Wildman–Crippen MR) is 128 cm³/mol. The Bertz CT molecular complexity index is 1310. The first-order chi connectivity index (χ1) is 17.2. The van der Waals surface area contributed by atoms with Gasteiger partial charge in [0.05, 0.1) is 16.9 Å². The number of alkyl halides is 3. The fourth-order valence-corrected chi connectivity index (χ4v) is 5.04.